The van der Waals surface area contributed by atoms with Crippen molar-refractivity contribution in [1.82, 2.24) is 9.38 Å². The highest BCUT2D eigenvalue weighted by molar-refractivity contribution is 5.71. The maximum Gasteiger partial charge on any atom is 0.273 e. The summed E-state index contributed by atoms with van der Waals surface area (Å²) in [6.45, 7) is 1.13. The molecule has 0 atom stereocenters. The number of rotatable bonds is 5. The Bertz CT molecular complexity index is 876. The Labute approximate surface area is 131 Å². The maximum absolute atomic E-state index is 12.4. The zero-order chi connectivity index (χ0) is 16.4. The number of benzene rings is 1. The van der Waals surface area contributed by atoms with Crippen molar-refractivity contribution in [2.45, 2.75) is 6.92 Å². The van der Waals surface area contributed by atoms with E-state index in [0.717, 1.165) is 11.2 Å². The predicted molar refractivity (Wildman–Crippen MR) is 83.5 cm³/mol. The first-order chi connectivity index (χ1) is 11.1. The molecule has 0 aliphatic carbocycles. The average molecular weight is 315 g/mol. The van der Waals surface area contributed by atoms with Gasteiger partial charge in [-0.15, -0.1) is 0 Å². The summed E-state index contributed by atoms with van der Waals surface area (Å²) in [5, 5.41) is 10.9. The Balaban J connectivity index is 2.10. The summed E-state index contributed by atoms with van der Waals surface area (Å²) in [6.07, 6.45) is 3.74. The topological polar surface area (TPSA) is 69.7 Å². The number of nitrogens with zero attached hydrogens (tertiary/aromatic N) is 3. The third-order valence-corrected chi connectivity index (χ3v) is 3.39. The molecular formula is C16H14FN3O3. The summed E-state index contributed by atoms with van der Waals surface area (Å²) in [5.41, 5.74) is 2.92. The van der Waals surface area contributed by atoms with E-state index in [-0.39, 0.29) is 18.0 Å². The molecule has 0 amide bonds. The molecule has 0 fully saturated rings. The molecule has 0 N–H and O–H groups in total. The first kappa shape index (κ1) is 15.0. The molecule has 0 aliphatic heterocycles. The van der Waals surface area contributed by atoms with Crippen molar-refractivity contribution in [3.63, 3.8) is 0 Å². The van der Waals surface area contributed by atoms with Crippen LogP contribution in [0.1, 0.15) is 5.56 Å². The molecule has 0 radical (unpaired) electrons. The molecule has 23 heavy (non-hydrogen) atoms. The third-order valence-electron chi connectivity index (χ3n) is 3.39. The highest BCUT2D eigenvalue weighted by atomic mass is 19.1. The van der Waals surface area contributed by atoms with Crippen LogP contribution in [-0.2, 0) is 0 Å². The first-order valence-corrected chi connectivity index (χ1v) is 7.01. The van der Waals surface area contributed by atoms with Gasteiger partial charge in [-0.05, 0) is 24.6 Å². The number of nitro groups is 1. The number of pyridine rings is 1. The monoisotopic (exact) mass is 315 g/mol. The highest BCUT2D eigenvalue weighted by Gasteiger charge is 2.15. The molecule has 6 nitrogen and oxygen atoms in total. The quantitative estimate of drug-likeness (QED) is 0.533. The van der Waals surface area contributed by atoms with E-state index in [2.05, 4.69) is 4.98 Å². The molecule has 0 spiro atoms. The highest BCUT2D eigenvalue weighted by Crippen LogP contribution is 2.33. The van der Waals surface area contributed by atoms with Crippen LogP contribution in [0.25, 0.3) is 16.9 Å². The van der Waals surface area contributed by atoms with Gasteiger partial charge in [0.1, 0.15) is 24.7 Å². The number of hydrogen-bond acceptors (Lipinski definition) is 4. The Hall–Kier alpha value is -2.96. The van der Waals surface area contributed by atoms with Gasteiger partial charge in [0, 0.05) is 24.0 Å². The molecule has 0 aliphatic rings. The number of imidazole rings is 1. The molecule has 3 aromatic rings. The lowest BCUT2D eigenvalue weighted by molar-refractivity contribution is -0.384. The van der Waals surface area contributed by atoms with E-state index in [1.807, 2.05) is 35.9 Å². The number of fused-ring (bicyclic) bond motifs is 1. The molecule has 2 heterocycles. The average Bonchev–Trinajstić information content (AvgIpc) is 2.95. The van der Waals surface area contributed by atoms with Gasteiger partial charge in [0.05, 0.1) is 16.7 Å². The van der Waals surface area contributed by atoms with Crippen LogP contribution in [0, 0.1) is 17.0 Å². The van der Waals surface area contributed by atoms with E-state index in [9.17, 15) is 14.5 Å². The van der Waals surface area contributed by atoms with Crippen molar-refractivity contribution >= 4 is 11.3 Å². The summed E-state index contributed by atoms with van der Waals surface area (Å²) in [6, 6.07) is 8.07. The smallest absolute Gasteiger partial charge is 0.273 e. The number of alkyl halides is 1. The van der Waals surface area contributed by atoms with Crippen LogP contribution in [0.3, 0.4) is 0 Å². The van der Waals surface area contributed by atoms with E-state index in [0.29, 0.717) is 11.3 Å². The molecule has 2 aromatic heterocycles. The normalized spacial score (nSPS) is 10.9. The maximum atomic E-state index is 12.4. The van der Waals surface area contributed by atoms with Crippen LogP contribution in [0.2, 0.25) is 0 Å². The second-order valence-corrected chi connectivity index (χ2v) is 5.07. The van der Waals surface area contributed by atoms with Crippen LogP contribution < -0.4 is 4.74 Å². The number of ether oxygens (including phenoxy) is 1. The summed E-state index contributed by atoms with van der Waals surface area (Å²) >= 11 is 0. The molecule has 0 saturated carbocycles. The van der Waals surface area contributed by atoms with E-state index >= 15 is 0 Å². The number of hydrogen-bond donors (Lipinski definition) is 0. The standard InChI is InChI=1S/C16H14FN3O3/c1-11-2-5-16-18-14(10-19(16)9-11)13-4-3-12(20(21)22)8-15(13)23-7-6-17/h2-5,8-10H,6-7H2,1H3. The molecule has 1 aromatic carbocycles. The van der Waals surface area contributed by atoms with Gasteiger partial charge in [-0.3, -0.25) is 10.1 Å². The minimum Gasteiger partial charge on any atom is -0.490 e. The largest absolute Gasteiger partial charge is 0.490 e. The van der Waals surface area contributed by atoms with Crippen molar-refractivity contribution in [2.75, 3.05) is 13.3 Å². The zero-order valence-corrected chi connectivity index (χ0v) is 12.4. The fraction of sp³-hybridized carbons (Fsp3) is 0.188. The fourth-order valence-electron chi connectivity index (χ4n) is 2.34. The third kappa shape index (κ3) is 2.98. The van der Waals surface area contributed by atoms with E-state index in [4.69, 9.17) is 4.74 Å². The van der Waals surface area contributed by atoms with Crippen molar-refractivity contribution in [3.05, 3.63) is 58.4 Å². The Kier molecular flexibility index (Phi) is 3.92. The van der Waals surface area contributed by atoms with Crippen LogP contribution >= 0.6 is 0 Å². The second-order valence-electron chi connectivity index (χ2n) is 5.07. The van der Waals surface area contributed by atoms with Crippen molar-refractivity contribution in [1.29, 1.82) is 0 Å². The molecule has 118 valence electrons. The van der Waals surface area contributed by atoms with Crippen molar-refractivity contribution < 1.29 is 14.1 Å². The number of aryl methyl sites for hydroxylation is 1. The lowest BCUT2D eigenvalue weighted by Gasteiger charge is -2.08. The lowest BCUT2D eigenvalue weighted by atomic mass is 10.1. The minimum absolute atomic E-state index is 0.109. The summed E-state index contributed by atoms with van der Waals surface area (Å²) < 4.78 is 19.6. The van der Waals surface area contributed by atoms with Crippen LogP contribution in [0.5, 0.6) is 5.75 Å². The van der Waals surface area contributed by atoms with Crippen LogP contribution in [0.4, 0.5) is 10.1 Å². The molecule has 0 saturated heterocycles. The molecule has 0 unspecified atom stereocenters. The first-order valence-electron chi connectivity index (χ1n) is 7.01. The second kappa shape index (κ2) is 6.04. The van der Waals surface area contributed by atoms with Crippen molar-refractivity contribution in [3.8, 4) is 17.0 Å². The van der Waals surface area contributed by atoms with Crippen molar-refractivity contribution in [2.24, 2.45) is 0 Å². The zero-order valence-electron chi connectivity index (χ0n) is 12.4. The molecule has 7 heteroatoms. The summed E-state index contributed by atoms with van der Waals surface area (Å²) in [4.78, 5) is 14.9. The predicted octanol–water partition coefficient (Wildman–Crippen LogP) is 3.57. The van der Waals surface area contributed by atoms with Gasteiger partial charge in [0.25, 0.3) is 5.69 Å². The molecule has 0 bridgehead atoms. The number of aromatic nitrogens is 2. The summed E-state index contributed by atoms with van der Waals surface area (Å²) in [7, 11) is 0. The Morgan fingerprint density at radius 3 is 2.87 bits per heavy atom. The molecular weight excluding hydrogens is 301 g/mol. The van der Waals surface area contributed by atoms with E-state index < -0.39 is 11.6 Å². The number of halogens is 1. The summed E-state index contributed by atoms with van der Waals surface area (Å²) in [5.74, 6) is 0.247. The Morgan fingerprint density at radius 2 is 2.13 bits per heavy atom. The van der Waals surface area contributed by atoms with Crippen LogP contribution in [-0.4, -0.2) is 27.6 Å². The van der Waals surface area contributed by atoms with Gasteiger partial charge in [0.2, 0.25) is 0 Å². The van der Waals surface area contributed by atoms with Gasteiger partial charge in [-0.1, -0.05) is 6.07 Å². The minimum atomic E-state index is -0.674. The van der Waals surface area contributed by atoms with E-state index in [1.54, 1.807) is 6.07 Å². The van der Waals surface area contributed by atoms with Gasteiger partial charge in [-0.25, -0.2) is 9.37 Å². The SMILES string of the molecule is Cc1ccc2nc(-c3ccc([N+](=O)[O-])cc3OCCF)cn2c1. The Morgan fingerprint density at radius 1 is 1.30 bits per heavy atom. The number of nitro benzene ring substituents is 1. The van der Waals surface area contributed by atoms with Gasteiger partial charge < -0.3 is 9.14 Å². The van der Waals surface area contributed by atoms with Crippen LogP contribution in [0.15, 0.2) is 42.7 Å². The van der Waals surface area contributed by atoms with E-state index in [1.165, 1.54) is 12.1 Å². The number of non-ortho nitro benzene ring substituents is 1. The fourth-order valence-corrected chi connectivity index (χ4v) is 2.34. The lowest BCUT2D eigenvalue weighted by Crippen LogP contribution is -2.01. The van der Waals surface area contributed by atoms with Gasteiger partial charge in [0.15, 0.2) is 0 Å². The van der Waals surface area contributed by atoms with Gasteiger partial charge in [-0.2, -0.15) is 0 Å². The molecule has 3 rings (SSSR count). The van der Waals surface area contributed by atoms with Gasteiger partial charge >= 0.3 is 0 Å².